The number of rotatable bonds is 6. The molecule has 5 nitrogen and oxygen atoms in total. The second kappa shape index (κ2) is 8.53. The Morgan fingerprint density at radius 2 is 1.77 bits per heavy atom. The largest absolute Gasteiger partial charge is 0.460 e. The average Bonchev–Trinajstić information content (AvgIpc) is 3.35. The minimum atomic E-state index is -1.63. The Hall–Kier alpha value is -3.15. The second-order valence-electron chi connectivity index (χ2n) is 6.93. The van der Waals surface area contributed by atoms with Crippen LogP contribution in [0.1, 0.15) is 11.1 Å². The van der Waals surface area contributed by atoms with Gasteiger partial charge in [-0.25, -0.2) is 9.67 Å². The van der Waals surface area contributed by atoms with Crippen molar-refractivity contribution in [3.63, 3.8) is 0 Å². The predicted octanol–water partition coefficient (Wildman–Crippen LogP) is 5.06. The van der Waals surface area contributed by atoms with Crippen LogP contribution in [-0.4, -0.2) is 27.3 Å². The van der Waals surface area contributed by atoms with E-state index in [0.717, 1.165) is 5.56 Å². The van der Waals surface area contributed by atoms with Gasteiger partial charge in [0.15, 0.2) is 10.4 Å². The van der Waals surface area contributed by atoms with Gasteiger partial charge in [-0.3, -0.25) is 4.79 Å². The monoisotopic (exact) mass is 451 g/mol. The van der Waals surface area contributed by atoms with Crippen LogP contribution in [0.25, 0.3) is 5.57 Å². The molecule has 1 aliphatic carbocycles. The number of halogens is 2. The Balaban J connectivity index is 2.09. The fourth-order valence-corrected chi connectivity index (χ4v) is 4.91. The average molecular weight is 452 g/mol. The van der Waals surface area contributed by atoms with E-state index in [0.29, 0.717) is 11.1 Å². The number of benzene rings is 2. The van der Waals surface area contributed by atoms with Gasteiger partial charge in [0.05, 0.1) is 0 Å². The molecule has 3 aromatic rings. The van der Waals surface area contributed by atoms with Crippen molar-refractivity contribution >= 4 is 34.7 Å². The number of ether oxygens (including phenoxy) is 1. The van der Waals surface area contributed by atoms with E-state index >= 15 is 0 Å². The second-order valence-corrected chi connectivity index (χ2v) is 7.88. The van der Waals surface area contributed by atoms with E-state index < -0.39 is 16.4 Å². The van der Waals surface area contributed by atoms with Crippen molar-refractivity contribution in [3.8, 4) is 0 Å². The summed E-state index contributed by atoms with van der Waals surface area (Å²) in [6.45, 7) is 3.65. The van der Waals surface area contributed by atoms with E-state index in [1.54, 1.807) is 24.3 Å². The molecule has 0 saturated heterocycles. The molecule has 0 amide bonds. The highest BCUT2D eigenvalue weighted by Gasteiger charge is 2.65. The summed E-state index contributed by atoms with van der Waals surface area (Å²) in [5.41, 5.74) is 0.375. The van der Waals surface area contributed by atoms with Crippen LogP contribution in [0.15, 0.2) is 103 Å². The minimum Gasteiger partial charge on any atom is -0.460 e. The molecule has 0 N–H and O–H groups in total. The summed E-state index contributed by atoms with van der Waals surface area (Å²) in [4.78, 5) is 16.3. The summed E-state index contributed by atoms with van der Waals surface area (Å²) in [5, 5.41) is 4.53. The quantitative estimate of drug-likeness (QED) is 0.298. The Morgan fingerprint density at radius 1 is 1.10 bits per heavy atom. The van der Waals surface area contributed by atoms with Gasteiger partial charge in [-0.05, 0) is 17.2 Å². The van der Waals surface area contributed by atoms with Gasteiger partial charge in [-0.15, -0.1) is 0 Å². The fourth-order valence-electron chi connectivity index (χ4n) is 3.93. The molecule has 0 fully saturated rings. The van der Waals surface area contributed by atoms with Gasteiger partial charge in [0.25, 0.3) is 0 Å². The number of carbonyl (C=O) groups is 1. The van der Waals surface area contributed by atoms with E-state index in [1.807, 2.05) is 48.5 Å². The Labute approximate surface area is 190 Å². The maximum atomic E-state index is 13.8. The van der Waals surface area contributed by atoms with Crippen molar-refractivity contribution < 1.29 is 9.53 Å². The first-order valence-electron chi connectivity index (χ1n) is 9.58. The summed E-state index contributed by atoms with van der Waals surface area (Å²) < 4.78 is 7.03. The van der Waals surface area contributed by atoms with E-state index in [2.05, 4.69) is 16.7 Å². The van der Waals surface area contributed by atoms with Crippen molar-refractivity contribution in [2.24, 2.45) is 0 Å². The molecule has 1 aliphatic rings. The van der Waals surface area contributed by atoms with Crippen LogP contribution < -0.4 is 0 Å². The highest BCUT2D eigenvalue weighted by Crippen LogP contribution is 2.59. The van der Waals surface area contributed by atoms with Crippen molar-refractivity contribution in [1.29, 1.82) is 0 Å². The lowest BCUT2D eigenvalue weighted by Crippen LogP contribution is -2.57. The number of hydrogen-bond donors (Lipinski definition) is 0. The van der Waals surface area contributed by atoms with Gasteiger partial charge in [0.1, 0.15) is 19.3 Å². The number of allylic oxidation sites excluding steroid dienone is 3. The fraction of sp³-hybridized carbons (Fsp3) is 0.125. The van der Waals surface area contributed by atoms with Gasteiger partial charge in [-0.2, -0.15) is 5.10 Å². The number of aromatic nitrogens is 3. The van der Waals surface area contributed by atoms with Crippen molar-refractivity contribution in [3.05, 3.63) is 114 Å². The summed E-state index contributed by atoms with van der Waals surface area (Å²) in [6, 6.07) is 18.6. The zero-order valence-electron chi connectivity index (χ0n) is 16.5. The van der Waals surface area contributed by atoms with Crippen LogP contribution >= 0.6 is 23.2 Å². The number of nitrogens with zero attached hydrogens (tertiary/aromatic N) is 3. The van der Waals surface area contributed by atoms with Gasteiger partial charge >= 0.3 is 5.97 Å². The normalized spacial score (nSPS) is 22.9. The molecule has 2 aromatic carbocycles. The third-order valence-corrected chi connectivity index (χ3v) is 6.34. The molecular formula is C24H19Cl2N3O2. The lowest BCUT2D eigenvalue weighted by atomic mass is 9.67. The maximum absolute atomic E-state index is 13.8. The summed E-state index contributed by atoms with van der Waals surface area (Å²) in [5.74, 6) is -0.619. The summed E-state index contributed by atoms with van der Waals surface area (Å²) in [7, 11) is 0. The number of carbonyl (C=O) groups excluding carboxylic acids is 1. The number of hydrogen-bond acceptors (Lipinski definition) is 4. The topological polar surface area (TPSA) is 57.0 Å². The smallest absolute Gasteiger partial charge is 0.326 e. The van der Waals surface area contributed by atoms with E-state index in [9.17, 15) is 4.79 Å². The third kappa shape index (κ3) is 3.21. The molecule has 0 spiro atoms. The molecule has 0 radical (unpaired) electrons. The number of alkyl halides is 1. The zero-order chi connectivity index (χ0) is 21.9. The standard InChI is InChI=1S/C24H19Cl2N3O2/c1-2-15-31-22(30)23(19-11-7-4-8-12-19)21(25)14-13-20(18-9-5-3-6-10-18)24(23,26)29-17-27-16-28-29/h2-14,16-17H,1,15H2. The van der Waals surface area contributed by atoms with Crippen molar-refractivity contribution in [1.82, 2.24) is 14.8 Å². The van der Waals surface area contributed by atoms with E-state index in [4.69, 9.17) is 27.9 Å². The molecular weight excluding hydrogens is 433 g/mol. The Morgan fingerprint density at radius 3 is 2.39 bits per heavy atom. The van der Waals surface area contributed by atoms with Crippen LogP contribution in [-0.2, 0) is 19.9 Å². The van der Waals surface area contributed by atoms with Crippen LogP contribution in [0, 0.1) is 0 Å². The molecule has 2 unspecified atom stereocenters. The van der Waals surface area contributed by atoms with E-state index in [1.165, 1.54) is 23.4 Å². The lowest BCUT2D eigenvalue weighted by molar-refractivity contribution is -0.149. The van der Waals surface area contributed by atoms with Crippen LogP contribution in [0.3, 0.4) is 0 Å². The summed E-state index contributed by atoms with van der Waals surface area (Å²) >= 11 is 14.4. The lowest BCUT2D eigenvalue weighted by Gasteiger charge is -2.47. The third-order valence-electron chi connectivity index (χ3n) is 5.27. The Kier molecular flexibility index (Phi) is 5.81. The predicted molar refractivity (Wildman–Crippen MR) is 121 cm³/mol. The molecule has 4 rings (SSSR count). The molecule has 1 aromatic heterocycles. The van der Waals surface area contributed by atoms with Crippen LogP contribution in [0.2, 0.25) is 0 Å². The van der Waals surface area contributed by atoms with Gasteiger partial charge in [-0.1, -0.05) is 103 Å². The Bertz CT molecular complexity index is 1140. The van der Waals surface area contributed by atoms with Gasteiger partial charge in [0.2, 0.25) is 0 Å². The van der Waals surface area contributed by atoms with Gasteiger partial charge < -0.3 is 4.74 Å². The molecule has 7 heteroatoms. The summed E-state index contributed by atoms with van der Waals surface area (Å²) in [6.07, 6.45) is 7.82. The van der Waals surface area contributed by atoms with Gasteiger partial charge in [0, 0.05) is 10.6 Å². The molecule has 1 heterocycles. The highest BCUT2D eigenvalue weighted by molar-refractivity contribution is 6.39. The highest BCUT2D eigenvalue weighted by atomic mass is 35.5. The molecule has 0 saturated carbocycles. The van der Waals surface area contributed by atoms with E-state index in [-0.39, 0.29) is 11.6 Å². The number of esters is 1. The zero-order valence-corrected chi connectivity index (χ0v) is 18.0. The van der Waals surface area contributed by atoms with Crippen molar-refractivity contribution in [2.75, 3.05) is 6.61 Å². The first kappa shape index (κ1) is 21.1. The van der Waals surface area contributed by atoms with Crippen LogP contribution in [0.5, 0.6) is 0 Å². The first-order valence-corrected chi connectivity index (χ1v) is 10.3. The molecule has 31 heavy (non-hydrogen) atoms. The first-order chi connectivity index (χ1) is 15.1. The van der Waals surface area contributed by atoms with Crippen molar-refractivity contribution in [2.45, 2.75) is 10.4 Å². The molecule has 156 valence electrons. The minimum absolute atomic E-state index is 0.00625. The molecule has 0 aliphatic heterocycles. The SMILES string of the molecule is C=CCOC(=O)C1(c2ccccc2)C(Cl)=CC=C(c2ccccc2)C1(Cl)n1cncn1. The molecule has 2 atom stereocenters. The molecule has 0 bridgehead atoms. The van der Waals surface area contributed by atoms with Crippen LogP contribution in [0.4, 0.5) is 0 Å². The maximum Gasteiger partial charge on any atom is 0.326 e.